The van der Waals surface area contributed by atoms with Gasteiger partial charge in [-0.15, -0.1) is 11.3 Å². The Labute approximate surface area is 242 Å². The third-order valence-electron chi connectivity index (χ3n) is 6.36. The van der Waals surface area contributed by atoms with E-state index >= 15 is 4.39 Å². The zero-order valence-corrected chi connectivity index (χ0v) is 23.6. The zero-order valence-electron chi connectivity index (χ0n) is 22.8. The molecule has 0 fully saturated rings. The summed E-state index contributed by atoms with van der Waals surface area (Å²) in [6, 6.07) is 20.9. The van der Waals surface area contributed by atoms with Crippen molar-refractivity contribution in [3.8, 4) is 10.4 Å². The molecule has 4 aromatic rings. The molecule has 1 radical (unpaired) electrons. The fourth-order valence-electron chi connectivity index (χ4n) is 4.24. The van der Waals surface area contributed by atoms with Crippen LogP contribution in [0, 0.1) is 11.7 Å². The van der Waals surface area contributed by atoms with Crippen LogP contribution in [-0.2, 0) is 23.2 Å². The minimum Gasteiger partial charge on any atom is -0.395 e. The quantitative estimate of drug-likeness (QED) is 0.169. The number of aliphatic hydroxyl groups excluding tert-OH is 1. The summed E-state index contributed by atoms with van der Waals surface area (Å²) in [4.78, 5) is 30.2. The highest BCUT2D eigenvalue weighted by Crippen LogP contribution is 2.38. The highest BCUT2D eigenvalue weighted by molar-refractivity contribution is 7.20. The lowest BCUT2D eigenvalue weighted by Gasteiger charge is -2.18. The number of rotatable bonds is 12. The summed E-state index contributed by atoms with van der Waals surface area (Å²) in [6.45, 7) is 3.13. The predicted molar refractivity (Wildman–Crippen MR) is 158 cm³/mol. The molecular weight excluding hydrogens is 543 g/mol. The maximum absolute atomic E-state index is 15.0. The van der Waals surface area contributed by atoms with E-state index in [0.717, 1.165) is 16.9 Å². The van der Waals surface area contributed by atoms with Crippen LogP contribution in [0.5, 0.6) is 0 Å². The Balaban J connectivity index is 1.58. The van der Waals surface area contributed by atoms with Crippen molar-refractivity contribution < 1.29 is 24.2 Å². The van der Waals surface area contributed by atoms with E-state index in [1.807, 2.05) is 30.3 Å². The minimum absolute atomic E-state index is 0.143. The van der Waals surface area contributed by atoms with Crippen LogP contribution in [0.1, 0.15) is 41.0 Å². The summed E-state index contributed by atoms with van der Waals surface area (Å²) in [5, 5.41) is 25.6. The zero-order chi connectivity index (χ0) is 29.6. The van der Waals surface area contributed by atoms with Crippen LogP contribution in [0.15, 0.2) is 72.8 Å². The largest absolute Gasteiger partial charge is 0.395 e. The van der Waals surface area contributed by atoms with Crippen molar-refractivity contribution in [2.24, 2.45) is 5.73 Å². The van der Waals surface area contributed by atoms with Gasteiger partial charge in [-0.3, -0.25) is 9.59 Å². The summed E-state index contributed by atoms with van der Waals surface area (Å²) in [5.41, 5.74) is 6.91. The van der Waals surface area contributed by atoms with Gasteiger partial charge in [0, 0.05) is 29.1 Å². The third-order valence-corrected chi connectivity index (χ3v) is 7.44. The van der Waals surface area contributed by atoms with Gasteiger partial charge >= 0.3 is 0 Å². The molecule has 2 amide bonds. The second-order valence-corrected chi connectivity index (χ2v) is 11.1. The number of benzene rings is 2. The van der Waals surface area contributed by atoms with Crippen LogP contribution in [0.4, 0.5) is 15.2 Å². The van der Waals surface area contributed by atoms with Gasteiger partial charge in [-0.05, 0) is 55.7 Å². The van der Waals surface area contributed by atoms with Crippen molar-refractivity contribution >= 4 is 34.0 Å². The SMILES string of the molecule is CC(C)(O)c1ccc(-c2cc(C(N)=O)c(Nc3cccc(C[C](Cc4ccccc4)C(=O)NCCO)n3)s2)c(F)c1. The molecule has 4 rings (SSSR count). The molecule has 0 spiro atoms. The van der Waals surface area contributed by atoms with Crippen LogP contribution < -0.4 is 16.4 Å². The van der Waals surface area contributed by atoms with Gasteiger partial charge in [0.2, 0.25) is 5.91 Å². The molecule has 2 aromatic carbocycles. The fourth-order valence-corrected chi connectivity index (χ4v) is 5.33. The van der Waals surface area contributed by atoms with E-state index in [-0.39, 0.29) is 36.6 Å². The summed E-state index contributed by atoms with van der Waals surface area (Å²) in [6.07, 6.45) is 0.675. The minimum atomic E-state index is -1.20. The lowest BCUT2D eigenvalue weighted by Crippen LogP contribution is -2.33. The average molecular weight is 576 g/mol. The smallest absolute Gasteiger partial charge is 0.251 e. The summed E-state index contributed by atoms with van der Waals surface area (Å²) >= 11 is 1.15. The number of carbonyl (C=O) groups is 2. The van der Waals surface area contributed by atoms with Gasteiger partial charge in [0.15, 0.2) is 0 Å². The fraction of sp³-hybridized carbons (Fsp3) is 0.226. The third kappa shape index (κ3) is 7.75. The summed E-state index contributed by atoms with van der Waals surface area (Å²) in [5.74, 6) is -0.477. The molecule has 0 saturated carbocycles. The number of nitrogens with one attached hydrogen (secondary N) is 2. The average Bonchev–Trinajstić information content (AvgIpc) is 3.35. The topological polar surface area (TPSA) is 138 Å². The first-order valence-corrected chi connectivity index (χ1v) is 13.8. The van der Waals surface area contributed by atoms with Crippen molar-refractivity contribution in [1.29, 1.82) is 0 Å². The molecule has 2 aromatic heterocycles. The molecular formula is C31H32FN4O4S. The molecule has 0 aliphatic heterocycles. The van der Waals surface area contributed by atoms with Gasteiger partial charge in [-0.1, -0.05) is 48.5 Å². The molecule has 0 bridgehead atoms. The van der Waals surface area contributed by atoms with Crippen molar-refractivity contribution in [1.82, 2.24) is 10.3 Å². The number of pyridine rings is 1. The second-order valence-electron chi connectivity index (χ2n) is 10.0. The number of primary amides is 1. The van der Waals surface area contributed by atoms with Gasteiger partial charge in [-0.25, -0.2) is 9.37 Å². The van der Waals surface area contributed by atoms with E-state index in [9.17, 15) is 14.7 Å². The number of halogens is 1. The van der Waals surface area contributed by atoms with Crippen molar-refractivity contribution in [3.63, 3.8) is 0 Å². The van der Waals surface area contributed by atoms with Crippen molar-refractivity contribution in [3.05, 3.63) is 107 Å². The maximum atomic E-state index is 15.0. The highest BCUT2D eigenvalue weighted by Gasteiger charge is 2.23. The molecule has 0 saturated heterocycles. The molecule has 0 unspecified atom stereocenters. The Bertz CT molecular complexity index is 1520. The van der Waals surface area contributed by atoms with E-state index in [1.54, 1.807) is 44.2 Å². The van der Waals surface area contributed by atoms with Gasteiger partial charge in [-0.2, -0.15) is 0 Å². The Morgan fingerprint density at radius 1 is 1.02 bits per heavy atom. The molecule has 10 heteroatoms. The maximum Gasteiger partial charge on any atom is 0.251 e. The van der Waals surface area contributed by atoms with Crippen LogP contribution in [0.3, 0.4) is 0 Å². The number of nitrogens with two attached hydrogens (primary N) is 1. The second kappa shape index (κ2) is 13.0. The van der Waals surface area contributed by atoms with Gasteiger partial charge in [0.05, 0.1) is 23.7 Å². The number of amides is 2. The van der Waals surface area contributed by atoms with Gasteiger partial charge in [0.1, 0.15) is 16.6 Å². The molecule has 6 N–H and O–H groups in total. The van der Waals surface area contributed by atoms with E-state index < -0.39 is 17.3 Å². The monoisotopic (exact) mass is 575 g/mol. The molecule has 0 aliphatic rings. The Morgan fingerprint density at radius 2 is 1.78 bits per heavy atom. The number of carbonyl (C=O) groups excluding carboxylic acids is 2. The lowest BCUT2D eigenvalue weighted by atomic mass is 9.93. The summed E-state index contributed by atoms with van der Waals surface area (Å²) in [7, 11) is 0. The van der Waals surface area contributed by atoms with Crippen LogP contribution in [0.2, 0.25) is 0 Å². The first-order valence-electron chi connectivity index (χ1n) is 13.0. The van der Waals surface area contributed by atoms with E-state index in [0.29, 0.717) is 39.3 Å². The Hall–Kier alpha value is -4.12. The number of nitrogens with zero attached hydrogens (tertiary/aromatic N) is 1. The van der Waals surface area contributed by atoms with Crippen LogP contribution in [0.25, 0.3) is 10.4 Å². The van der Waals surface area contributed by atoms with Crippen molar-refractivity contribution in [2.75, 3.05) is 18.5 Å². The number of hydrogen-bond acceptors (Lipinski definition) is 7. The number of anilines is 2. The standard InChI is InChI=1S/C31H32FN4O4S/c1-31(2,40)21-11-12-23(25(32)17-21)26-18-24(28(33)38)30(41-26)36-27-10-6-9-22(35-27)16-20(29(39)34-13-14-37)15-19-7-4-3-5-8-19/h3-12,17-18,37,40H,13-16H2,1-2H3,(H2,33,38)(H,34,39)(H,35,36). The molecule has 8 nitrogen and oxygen atoms in total. The van der Waals surface area contributed by atoms with Gasteiger partial charge in [0.25, 0.3) is 5.91 Å². The predicted octanol–water partition coefficient (Wildman–Crippen LogP) is 4.49. The first kappa shape index (κ1) is 29.9. The normalized spacial score (nSPS) is 11.5. The van der Waals surface area contributed by atoms with E-state index in [1.165, 1.54) is 12.1 Å². The van der Waals surface area contributed by atoms with Crippen LogP contribution in [-0.4, -0.2) is 40.2 Å². The number of aliphatic hydroxyl groups is 2. The van der Waals surface area contributed by atoms with E-state index in [4.69, 9.17) is 10.8 Å². The molecule has 213 valence electrons. The molecule has 2 heterocycles. The number of thiophene rings is 1. The Morgan fingerprint density at radius 3 is 2.44 bits per heavy atom. The van der Waals surface area contributed by atoms with E-state index in [2.05, 4.69) is 15.6 Å². The highest BCUT2D eigenvalue weighted by atomic mass is 32.1. The summed E-state index contributed by atoms with van der Waals surface area (Å²) < 4.78 is 15.0. The first-order chi connectivity index (χ1) is 19.5. The number of hydrogen-bond donors (Lipinski definition) is 5. The molecule has 0 atom stereocenters. The Kier molecular flexibility index (Phi) is 9.49. The van der Waals surface area contributed by atoms with Gasteiger partial charge < -0.3 is 26.6 Å². The van der Waals surface area contributed by atoms with Crippen molar-refractivity contribution in [2.45, 2.75) is 32.3 Å². The molecule has 0 aliphatic carbocycles. The number of aromatic nitrogens is 1. The lowest BCUT2D eigenvalue weighted by molar-refractivity contribution is -0.119. The molecule has 41 heavy (non-hydrogen) atoms. The van der Waals surface area contributed by atoms with Crippen LogP contribution >= 0.6 is 11.3 Å².